The Bertz CT molecular complexity index is 633. The van der Waals surface area contributed by atoms with Crippen molar-refractivity contribution in [2.45, 2.75) is 25.0 Å². The maximum absolute atomic E-state index is 12.5. The van der Waals surface area contributed by atoms with Gasteiger partial charge in [-0.2, -0.15) is 5.10 Å². The van der Waals surface area contributed by atoms with Crippen LogP contribution in [-0.4, -0.2) is 46.5 Å². The number of amides is 1. The van der Waals surface area contributed by atoms with E-state index in [-0.39, 0.29) is 5.91 Å². The molecule has 2 N–H and O–H groups in total. The van der Waals surface area contributed by atoms with Crippen molar-refractivity contribution in [1.29, 1.82) is 0 Å². The van der Waals surface area contributed by atoms with Gasteiger partial charge in [-0.3, -0.25) is 4.79 Å². The first-order valence-electron chi connectivity index (χ1n) is 7.72. The number of nitrogens with zero attached hydrogens (tertiary/aromatic N) is 3. The highest BCUT2D eigenvalue weighted by atomic mass is 16.5. The number of hydrogen-bond acceptors (Lipinski definition) is 5. The van der Waals surface area contributed by atoms with Gasteiger partial charge >= 0.3 is 0 Å². The number of piperidine rings is 1. The number of hydrogen-bond donors (Lipinski definition) is 2. The van der Waals surface area contributed by atoms with Gasteiger partial charge in [0.05, 0.1) is 5.69 Å². The Balaban J connectivity index is 1.60. The molecule has 0 spiro atoms. The number of carbonyl (C=O) groups excluding carboxylic acids is 1. The van der Waals surface area contributed by atoms with E-state index in [4.69, 9.17) is 4.74 Å². The fourth-order valence-electron chi connectivity index (χ4n) is 2.81. The number of methoxy groups -OCH3 is 1. The number of aromatic nitrogens is 3. The normalized spacial score (nSPS) is 16.9. The minimum Gasteiger partial charge on any atom is -0.368 e. The van der Waals surface area contributed by atoms with Gasteiger partial charge in [-0.1, -0.05) is 12.1 Å². The molecular weight excluding hydrogens is 294 g/mol. The van der Waals surface area contributed by atoms with Gasteiger partial charge in [0.2, 0.25) is 0 Å². The van der Waals surface area contributed by atoms with E-state index >= 15 is 0 Å². The van der Waals surface area contributed by atoms with Gasteiger partial charge in [-0.05, 0) is 43.6 Å². The smallest absolute Gasteiger partial charge is 0.252 e. The zero-order valence-corrected chi connectivity index (χ0v) is 13.2. The number of carbonyl (C=O) groups is 1. The molecule has 1 aliphatic rings. The average Bonchev–Trinajstić information content (AvgIpc) is 3.15. The molecule has 1 aromatic carbocycles. The van der Waals surface area contributed by atoms with Crippen molar-refractivity contribution in [2.75, 3.05) is 20.2 Å². The number of nitrogens with one attached hydrogen (secondary N) is 2. The molecule has 122 valence electrons. The van der Waals surface area contributed by atoms with Crippen LogP contribution in [0.3, 0.4) is 0 Å². The van der Waals surface area contributed by atoms with E-state index in [0.717, 1.165) is 24.3 Å². The van der Waals surface area contributed by atoms with Crippen LogP contribution in [0.2, 0.25) is 0 Å². The van der Waals surface area contributed by atoms with Crippen molar-refractivity contribution in [1.82, 2.24) is 25.4 Å². The summed E-state index contributed by atoms with van der Waals surface area (Å²) < 4.78 is 7.22. The SMILES string of the molecule is COC1(C(=O)NCc2ccc(-n3cncn3)cc2)CCNCC1. The topological polar surface area (TPSA) is 81.1 Å². The molecule has 0 bridgehead atoms. The molecule has 1 amide bonds. The van der Waals surface area contributed by atoms with E-state index in [1.54, 1.807) is 18.1 Å². The lowest BCUT2D eigenvalue weighted by Crippen LogP contribution is -2.53. The molecule has 23 heavy (non-hydrogen) atoms. The standard InChI is InChI=1S/C16H21N5O2/c1-23-16(6-8-17-9-7-16)15(22)19-10-13-2-4-14(5-3-13)21-12-18-11-20-21/h2-5,11-12,17H,6-10H2,1H3,(H,19,22). The zero-order chi connectivity index (χ0) is 16.1. The van der Waals surface area contributed by atoms with E-state index < -0.39 is 5.60 Å². The third-order valence-electron chi connectivity index (χ3n) is 4.29. The zero-order valence-electron chi connectivity index (χ0n) is 13.2. The average molecular weight is 315 g/mol. The van der Waals surface area contributed by atoms with Crippen molar-refractivity contribution < 1.29 is 9.53 Å². The first-order valence-corrected chi connectivity index (χ1v) is 7.72. The molecule has 1 saturated heterocycles. The molecule has 0 radical (unpaired) electrons. The van der Waals surface area contributed by atoms with Crippen molar-refractivity contribution in [2.24, 2.45) is 0 Å². The summed E-state index contributed by atoms with van der Waals surface area (Å²) in [6.45, 7) is 2.08. The molecule has 3 rings (SSSR count). The van der Waals surface area contributed by atoms with Crippen LogP contribution >= 0.6 is 0 Å². The Hall–Kier alpha value is -2.25. The molecule has 2 aromatic rings. The molecular formula is C16H21N5O2. The van der Waals surface area contributed by atoms with Crippen LogP contribution in [-0.2, 0) is 16.1 Å². The van der Waals surface area contributed by atoms with Gasteiger partial charge in [0, 0.05) is 13.7 Å². The van der Waals surface area contributed by atoms with Gasteiger partial charge in [0.25, 0.3) is 5.91 Å². The Morgan fingerprint density at radius 1 is 1.35 bits per heavy atom. The number of rotatable bonds is 5. The molecule has 1 aromatic heterocycles. The van der Waals surface area contributed by atoms with Crippen LogP contribution in [0.5, 0.6) is 0 Å². The van der Waals surface area contributed by atoms with Crippen LogP contribution in [0, 0.1) is 0 Å². The van der Waals surface area contributed by atoms with E-state index in [0.29, 0.717) is 19.4 Å². The summed E-state index contributed by atoms with van der Waals surface area (Å²) in [5.41, 5.74) is 1.26. The maximum atomic E-state index is 12.5. The van der Waals surface area contributed by atoms with Crippen molar-refractivity contribution in [3.8, 4) is 5.69 Å². The van der Waals surface area contributed by atoms with Crippen LogP contribution < -0.4 is 10.6 Å². The highest BCUT2D eigenvalue weighted by Gasteiger charge is 2.39. The molecule has 0 saturated carbocycles. The van der Waals surface area contributed by atoms with Crippen molar-refractivity contribution in [3.05, 3.63) is 42.5 Å². The highest BCUT2D eigenvalue weighted by Crippen LogP contribution is 2.22. The molecule has 2 heterocycles. The van der Waals surface area contributed by atoms with Gasteiger partial charge in [-0.15, -0.1) is 0 Å². The van der Waals surface area contributed by atoms with Crippen LogP contribution in [0.15, 0.2) is 36.9 Å². The Labute approximate surface area is 135 Å². The van der Waals surface area contributed by atoms with Crippen LogP contribution in [0.4, 0.5) is 0 Å². The van der Waals surface area contributed by atoms with E-state index in [1.807, 2.05) is 24.3 Å². The van der Waals surface area contributed by atoms with E-state index in [9.17, 15) is 4.79 Å². The minimum atomic E-state index is -0.702. The van der Waals surface area contributed by atoms with Gasteiger partial charge < -0.3 is 15.4 Å². The highest BCUT2D eigenvalue weighted by molar-refractivity contribution is 5.85. The lowest BCUT2D eigenvalue weighted by Gasteiger charge is -2.34. The summed E-state index contributed by atoms with van der Waals surface area (Å²) in [5.74, 6) is -0.0400. The quantitative estimate of drug-likeness (QED) is 0.847. The fourth-order valence-corrected chi connectivity index (χ4v) is 2.81. The summed E-state index contributed by atoms with van der Waals surface area (Å²) in [5, 5.41) is 10.3. The van der Waals surface area contributed by atoms with Crippen LogP contribution in [0.25, 0.3) is 5.69 Å². The monoisotopic (exact) mass is 315 g/mol. The summed E-state index contributed by atoms with van der Waals surface area (Å²) >= 11 is 0. The maximum Gasteiger partial charge on any atom is 0.252 e. The second-order valence-electron chi connectivity index (χ2n) is 5.64. The Morgan fingerprint density at radius 3 is 2.70 bits per heavy atom. The van der Waals surface area contributed by atoms with Gasteiger partial charge in [0.15, 0.2) is 0 Å². The molecule has 0 aliphatic carbocycles. The first kappa shape index (κ1) is 15.6. The third-order valence-corrected chi connectivity index (χ3v) is 4.29. The predicted molar refractivity (Wildman–Crippen MR) is 85.0 cm³/mol. The van der Waals surface area contributed by atoms with Gasteiger partial charge in [-0.25, -0.2) is 9.67 Å². The summed E-state index contributed by atoms with van der Waals surface area (Å²) in [7, 11) is 1.61. The minimum absolute atomic E-state index is 0.0400. The lowest BCUT2D eigenvalue weighted by atomic mass is 9.91. The number of benzene rings is 1. The van der Waals surface area contributed by atoms with Gasteiger partial charge in [0.1, 0.15) is 18.3 Å². The first-order chi connectivity index (χ1) is 11.2. The van der Waals surface area contributed by atoms with Crippen molar-refractivity contribution >= 4 is 5.91 Å². The Kier molecular flexibility index (Phi) is 4.68. The fraction of sp³-hybridized carbons (Fsp3) is 0.438. The largest absolute Gasteiger partial charge is 0.368 e. The molecule has 7 nitrogen and oxygen atoms in total. The summed E-state index contributed by atoms with van der Waals surface area (Å²) in [6, 6.07) is 7.85. The van der Waals surface area contributed by atoms with Crippen LogP contribution in [0.1, 0.15) is 18.4 Å². The van der Waals surface area contributed by atoms with Crippen molar-refractivity contribution in [3.63, 3.8) is 0 Å². The molecule has 0 unspecified atom stereocenters. The summed E-state index contributed by atoms with van der Waals surface area (Å²) in [6.07, 6.45) is 4.54. The Morgan fingerprint density at radius 2 is 2.09 bits per heavy atom. The van der Waals surface area contributed by atoms with E-state index in [1.165, 1.54) is 6.33 Å². The second kappa shape index (κ2) is 6.89. The number of ether oxygens (including phenoxy) is 1. The molecule has 0 atom stereocenters. The predicted octanol–water partition coefficient (Wildman–Crippen LogP) is 0.652. The lowest BCUT2D eigenvalue weighted by molar-refractivity contribution is -0.146. The molecule has 1 fully saturated rings. The second-order valence-corrected chi connectivity index (χ2v) is 5.64. The molecule has 7 heteroatoms. The third kappa shape index (κ3) is 3.40. The summed E-state index contributed by atoms with van der Waals surface area (Å²) in [4.78, 5) is 16.4. The molecule has 1 aliphatic heterocycles. The van der Waals surface area contributed by atoms with E-state index in [2.05, 4.69) is 20.7 Å².